The minimum atomic E-state index is 0.0279. The molecule has 27 heavy (non-hydrogen) atoms. The summed E-state index contributed by atoms with van der Waals surface area (Å²) in [5.74, 6) is 1.05. The van der Waals surface area contributed by atoms with Crippen LogP contribution in [0, 0.1) is 5.92 Å². The van der Waals surface area contributed by atoms with Crippen molar-refractivity contribution in [2.45, 2.75) is 44.6 Å². The van der Waals surface area contributed by atoms with E-state index < -0.39 is 0 Å². The van der Waals surface area contributed by atoms with E-state index in [1.807, 2.05) is 15.8 Å². The number of likely N-dealkylation sites (tertiary alicyclic amines) is 1. The van der Waals surface area contributed by atoms with E-state index >= 15 is 0 Å². The van der Waals surface area contributed by atoms with E-state index in [0.29, 0.717) is 23.6 Å². The number of amides is 1. The number of nitrogens with zero attached hydrogens (tertiary/aromatic N) is 4. The molecule has 2 aromatic rings. The standard InChI is InChI=1S/C21H29N5O/c1-2-16-14-25(13-10-19(16)17-6-4-3-5-7-17)21(27)20-15-26(24-23-20)18-8-11-22-12-9-18/h3-7,15-16,18-19,22H,2,8-14H2,1H3/t16-,19+/m0/s1. The summed E-state index contributed by atoms with van der Waals surface area (Å²) >= 11 is 0. The summed E-state index contributed by atoms with van der Waals surface area (Å²) in [5.41, 5.74) is 1.88. The van der Waals surface area contributed by atoms with Gasteiger partial charge in [0, 0.05) is 13.1 Å². The molecule has 0 unspecified atom stereocenters. The molecule has 1 aromatic carbocycles. The fourth-order valence-electron chi connectivity index (χ4n) is 4.56. The molecule has 6 heteroatoms. The Morgan fingerprint density at radius 2 is 1.96 bits per heavy atom. The normalized spacial score (nSPS) is 24.1. The van der Waals surface area contributed by atoms with Gasteiger partial charge in [0.1, 0.15) is 0 Å². The molecule has 1 aromatic heterocycles. The number of piperidine rings is 2. The number of nitrogens with one attached hydrogen (secondary N) is 1. The highest BCUT2D eigenvalue weighted by Gasteiger charge is 2.32. The number of carbonyl (C=O) groups is 1. The second-order valence-electron chi connectivity index (χ2n) is 7.79. The average Bonchev–Trinajstić information content (AvgIpc) is 3.24. The van der Waals surface area contributed by atoms with Crippen molar-refractivity contribution in [1.82, 2.24) is 25.2 Å². The number of aromatic nitrogens is 3. The maximum atomic E-state index is 13.0. The quantitative estimate of drug-likeness (QED) is 0.903. The van der Waals surface area contributed by atoms with Crippen LogP contribution in [0.4, 0.5) is 0 Å². The number of benzene rings is 1. The summed E-state index contributed by atoms with van der Waals surface area (Å²) in [4.78, 5) is 15.0. The summed E-state index contributed by atoms with van der Waals surface area (Å²) in [6.45, 7) is 5.81. The van der Waals surface area contributed by atoms with E-state index in [2.05, 4.69) is 52.9 Å². The maximum Gasteiger partial charge on any atom is 0.276 e. The van der Waals surface area contributed by atoms with E-state index in [1.165, 1.54) is 5.56 Å². The molecule has 2 saturated heterocycles. The molecule has 0 aliphatic carbocycles. The average molecular weight is 367 g/mol. The van der Waals surface area contributed by atoms with Gasteiger partial charge in [0.2, 0.25) is 0 Å². The predicted octanol–water partition coefficient (Wildman–Crippen LogP) is 2.86. The summed E-state index contributed by atoms with van der Waals surface area (Å²) in [7, 11) is 0. The van der Waals surface area contributed by atoms with Gasteiger partial charge in [-0.3, -0.25) is 4.79 Å². The molecule has 2 atom stereocenters. The van der Waals surface area contributed by atoms with Crippen molar-refractivity contribution >= 4 is 5.91 Å². The molecular formula is C21H29N5O. The van der Waals surface area contributed by atoms with E-state index in [4.69, 9.17) is 0 Å². The molecule has 0 saturated carbocycles. The third kappa shape index (κ3) is 3.90. The Balaban J connectivity index is 1.43. The van der Waals surface area contributed by atoms with E-state index in [9.17, 15) is 4.79 Å². The number of hydrogen-bond donors (Lipinski definition) is 1. The first-order valence-corrected chi connectivity index (χ1v) is 10.2. The van der Waals surface area contributed by atoms with Crippen LogP contribution in [-0.4, -0.2) is 52.0 Å². The van der Waals surface area contributed by atoms with Gasteiger partial charge in [-0.05, 0) is 49.8 Å². The smallest absolute Gasteiger partial charge is 0.276 e. The fourth-order valence-corrected chi connectivity index (χ4v) is 4.56. The van der Waals surface area contributed by atoms with Crippen LogP contribution >= 0.6 is 0 Å². The number of carbonyl (C=O) groups excluding carboxylic acids is 1. The summed E-state index contributed by atoms with van der Waals surface area (Å²) < 4.78 is 1.89. The Morgan fingerprint density at radius 3 is 2.70 bits per heavy atom. The van der Waals surface area contributed by atoms with Crippen LogP contribution in [0.1, 0.15) is 60.6 Å². The van der Waals surface area contributed by atoms with Crippen molar-refractivity contribution in [3.8, 4) is 0 Å². The highest BCUT2D eigenvalue weighted by Crippen LogP contribution is 2.35. The highest BCUT2D eigenvalue weighted by molar-refractivity contribution is 5.92. The van der Waals surface area contributed by atoms with Gasteiger partial charge in [0.05, 0.1) is 12.2 Å². The van der Waals surface area contributed by atoms with Crippen LogP contribution < -0.4 is 5.32 Å². The highest BCUT2D eigenvalue weighted by atomic mass is 16.2. The van der Waals surface area contributed by atoms with Gasteiger partial charge >= 0.3 is 0 Å². The zero-order valence-electron chi connectivity index (χ0n) is 16.1. The second kappa shape index (κ2) is 8.21. The SMILES string of the molecule is CC[C@H]1CN(C(=O)c2cn(C3CCNCC3)nn2)CC[C@H]1c1ccccc1. The Kier molecular flexibility index (Phi) is 5.53. The van der Waals surface area contributed by atoms with Crippen molar-refractivity contribution in [1.29, 1.82) is 0 Å². The van der Waals surface area contributed by atoms with Crippen molar-refractivity contribution in [3.05, 3.63) is 47.8 Å². The molecule has 2 fully saturated rings. The zero-order valence-corrected chi connectivity index (χ0v) is 16.1. The minimum Gasteiger partial charge on any atom is -0.337 e. The van der Waals surface area contributed by atoms with E-state index in [0.717, 1.165) is 51.9 Å². The van der Waals surface area contributed by atoms with Gasteiger partial charge in [-0.2, -0.15) is 0 Å². The number of rotatable bonds is 4. The van der Waals surface area contributed by atoms with Crippen molar-refractivity contribution < 1.29 is 4.79 Å². The first kappa shape index (κ1) is 18.2. The van der Waals surface area contributed by atoms with Gasteiger partial charge in [0.25, 0.3) is 5.91 Å². The lowest BCUT2D eigenvalue weighted by molar-refractivity contribution is 0.0639. The molecular weight excluding hydrogens is 338 g/mol. The first-order chi connectivity index (χ1) is 13.3. The van der Waals surface area contributed by atoms with Crippen molar-refractivity contribution in [2.24, 2.45) is 5.92 Å². The predicted molar refractivity (Wildman–Crippen MR) is 105 cm³/mol. The van der Waals surface area contributed by atoms with Crippen LogP contribution in [0.25, 0.3) is 0 Å². The third-order valence-electron chi connectivity index (χ3n) is 6.19. The molecule has 1 amide bonds. The Hall–Kier alpha value is -2.21. The van der Waals surface area contributed by atoms with Crippen molar-refractivity contribution in [2.75, 3.05) is 26.2 Å². The van der Waals surface area contributed by atoms with Crippen LogP contribution in [0.2, 0.25) is 0 Å². The monoisotopic (exact) mass is 367 g/mol. The lowest BCUT2D eigenvalue weighted by atomic mass is 9.79. The van der Waals surface area contributed by atoms with Gasteiger partial charge in [0.15, 0.2) is 5.69 Å². The van der Waals surface area contributed by atoms with Crippen LogP contribution in [0.15, 0.2) is 36.5 Å². The summed E-state index contributed by atoms with van der Waals surface area (Å²) in [6, 6.07) is 11.1. The molecule has 6 nitrogen and oxygen atoms in total. The molecule has 0 spiro atoms. The topological polar surface area (TPSA) is 63.1 Å². The maximum absolute atomic E-state index is 13.0. The van der Waals surface area contributed by atoms with Crippen LogP contribution in [-0.2, 0) is 0 Å². The van der Waals surface area contributed by atoms with Crippen LogP contribution in [0.5, 0.6) is 0 Å². The molecule has 0 radical (unpaired) electrons. The first-order valence-electron chi connectivity index (χ1n) is 10.2. The molecule has 3 heterocycles. The van der Waals surface area contributed by atoms with Crippen molar-refractivity contribution in [3.63, 3.8) is 0 Å². The lowest BCUT2D eigenvalue weighted by Crippen LogP contribution is -2.43. The second-order valence-corrected chi connectivity index (χ2v) is 7.79. The third-order valence-corrected chi connectivity index (χ3v) is 6.19. The van der Waals surface area contributed by atoms with Gasteiger partial charge < -0.3 is 10.2 Å². The molecule has 144 valence electrons. The van der Waals surface area contributed by atoms with Crippen LogP contribution in [0.3, 0.4) is 0 Å². The minimum absolute atomic E-state index is 0.0279. The largest absolute Gasteiger partial charge is 0.337 e. The van der Waals surface area contributed by atoms with Gasteiger partial charge in [-0.15, -0.1) is 5.10 Å². The molecule has 1 N–H and O–H groups in total. The van der Waals surface area contributed by atoms with Gasteiger partial charge in [-0.25, -0.2) is 4.68 Å². The van der Waals surface area contributed by atoms with Gasteiger partial charge in [-0.1, -0.05) is 48.9 Å². The Bertz CT molecular complexity index is 753. The molecule has 4 rings (SSSR count). The summed E-state index contributed by atoms with van der Waals surface area (Å²) in [5, 5.41) is 11.8. The molecule has 2 aliphatic rings. The lowest BCUT2D eigenvalue weighted by Gasteiger charge is -2.38. The summed E-state index contributed by atoms with van der Waals surface area (Å²) in [6.07, 6.45) is 6.01. The molecule has 2 aliphatic heterocycles. The Labute approximate surface area is 160 Å². The fraction of sp³-hybridized carbons (Fsp3) is 0.571. The van der Waals surface area contributed by atoms with E-state index in [1.54, 1.807) is 0 Å². The number of hydrogen-bond acceptors (Lipinski definition) is 4. The molecule has 0 bridgehead atoms. The Morgan fingerprint density at radius 1 is 1.19 bits per heavy atom. The zero-order chi connectivity index (χ0) is 18.6. The van der Waals surface area contributed by atoms with E-state index in [-0.39, 0.29) is 5.91 Å².